The molecule has 5 heteroatoms. The molecule has 1 amide bonds. The van der Waals surface area contributed by atoms with E-state index in [1.165, 1.54) is 5.56 Å². The number of hydrogen-bond donors (Lipinski definition) is 1. The predicted octanol–water partition coefficient (Wildman–Crippen LogP) is 0.872. The lowest BCUT2D eigenvalue weighted by Crippen LogP contribution is -2.64. The summed E-state index contributed by atoms with van der Waals surface area (Å²) in [4.78, 5) is 16.7. The van der Waals surface area contributed by atoms with E-state index in [2.05, 4.69) is 17.0 Å². The first-order valence-electron chi connectivity index (χ1n) is 8.45. The molecule has 3 heterocycles. The summed E-state index contributed by atoms with van der Waals surface area (Å²) in [7, 11) is 0. The highest BCUT2D eigenvalue weighted by Gasteiger charge is 2.53. The molecule has 1 N–H and O–H groups in total. The van der Waals surface area contributed by atoms with E-state index >= 15 is 0 Å². The van der Waals surface area contributed by atoms with Gasteiger partial charge in [-0.3, -0.25) is 9.69 Å². The van der Waals surface area contributed by atoms with Gasteiger partial charge in [-0.1, -0.05) is 30.3 Å². The van der Waals surface area contributed by atoms with E-state index in [1.807, 2.05) is 23.1 Å². The molecule has 0 radical (unpaired) electrons. The number of amides is 1. The van der Waals surface area contributed by atoms with E-state index in [9.17, 15) is 9.90 Å². The average molecular weight is 316 g/mol. The molecule has 0 aromatic heterocycles. The highest BCUT2D eigenvalue weighted by Crippen LogP contribution is 2.40. The summed E-state index contributed by atoms with van der Waals surface area (Å²) < 4.78 is 5.46. The van der Waals surface area contributed by atoms with Crippen LogP contribution in [0, 0.1) is 5.41 Å². The molecule has 1 aromatic carbocycles. The third kappa shape index (κ3) is 2.77. The van der Waals surface area contributed by atoms with E-state index < -0.39 is 5.60 Å². The number of ether oxygens (including phenoxy) is 1. The zero-order valence-electron chi connectivity index (χ0n) is 13.4. The fourth-order valence-corrected chi connectivity index (χ4v) is 4.12. The second-order valence-electron chi connectivity index (χ2n) is 7.44. The van der Waals surface area contributed by atoms with Crippen LogP contribution < -0.4 is 0 Å². The molecule has 4 rings (SSSR count). The second kappa shape index (κ2) is 5.58. The van der Waals surface area contributed by atoms with Crippen LogP contribution in [-0.2, 0) is 16.1 Å². The molecule has 1 aromatic rings. The summed E-state index contributed by atoms with van der Waals surface area (Å²) in [5.41, 5.74) is 0.180. The molecule has 1 spiro atoms. The van der Waals surface area contributed by atoms with Crippen molar-refractivity contribution in [3.63, 3.8) is 0 Å². The third-order valence-corrected chi connectivity index (χ3v) is 5.50. The Balaban J connectivity index is 1.35. The van der Waals surface area contributed by atoms with Crippen molar-refractivity contribution in [2.45, 2.75) is 25.0 Å². The smallest absolute Gasteiger partial charge is 0.255 e. The summed E-state index contributed by atoms with van der Waals surface area (Å²) >= 11 is 0. The Morgan fingerprint density at radius 1 is 1.17 bits per heavy atom. The monoisotopic (exact) mass is 316 g/mol. The van der Waals surface area contributed by atoms with Gasteiger partial charge in [-0.05, 0) is 18.4 Å². The van der Waals surface area contributed by atoms with Gasteiger partial charge in [-0.2, -0.15) is 0 Å². The number of hydrogen-bond acceptors (Lipinski definition) is 4. The highest BCUT2D eigenvalue weighted by molar-refractivity contribution is 5.86. The maximum atomic E-state index is 12.7. The van der Waals surface area contributed by atoms with E-state index in [1.54, 1.807) is 0 Å². The van der Waals surface area contributed by atoms with Crippen molar-refractivity contribution < 1.29 is 14.6 Å². The van der Waals surface area contributed by atoms with Crippen molar-refractivity contribution in [2.24, 2.45) is 5.41 Å². The normalized spacial score (nSPS) is 29.9. The van der Waals surface area contributed by atoms with Crippen LogP contribution in [-0.4, -0.2) is 65.8 Å². The number of nitrogens with zero attached hydrogens (tertiary/aromatic N) is 2. The van der Waals surface area contributed by atoms with Gasteiger partial charge in [0.2, 0.25) is 0 Å². The molecule has 5 nitrogen and oxygen atoms in total. The number of carbonyl (C=O) groups excluding carboxylic acids is 1. The molecule has 124 valence electrons. The Hall–Kier alpha value is -1.43. The summed E-state index contributed by atoms with van der Waals surface area (Å²) in [6.45, 7) is 5.03. The van der Waals surface area contributed by atoms with Crippen molar-refractivity contribution in [1.82, 2.24) is 9.80 Å². The summed E-state index contributed by atoms with van der Waals surface area (Å²) in [6.07, 6.45) is 1.56. The second-order valence-corrected chi connectivity index (χ2v) is 7.44. The van der Waals surface area contributed by atoms with Crippen LogP contribution in [0.3, 0.4) is 0 Å². The van der Waals surface area contributed by atoms with E-state index in [4.69, 9.17) is 4.74 Å². The summed E-state index contributed by atoms with van der Waals surface area (Å²) in [6, 6.07) is 10.2. The van der Waals surface area contributed by atoms with E-state index in [-0.39, 0.29) is 11.3 Å². The lowest BCUT2D eigenvalue weighted by atomic mass is 9.78. The molecule has 1 unspecified atom stereocenters. The van der Waals surface area contributed by atoms with Crippen molar-refractivity contribution >= 4 is 5.91 Å². The third-order valence-electron chi connectivity index (χ3n) is 5.50. The highest BCUT2D eigenvalue weighted by atomic mass is 16.5. The van der Waals surface area contributed by atoms with Crippen molar-refractivity contribution in [3.05, 3.63) is 35.9 Å². The van der Waals surface area contributed by atoms with Gasteiger partial charge in [0.05, 0.1) is 6.61 Å². The van der Waals surface area contributed by atoms with Gasteiger partial charge in [-0.25, -0.2) is 0 Å². The van der Waals surface area contributed by atoms with Crippen LogP contribution in [0.1, 0.15) is 18.4 Å². The lowest BCUT2D eigenvalue weighted by molar-refractivity contribution is -0.162. The van der Waals surface area contributed by atoms with E-state index in [0.717, 1.165) is 45.8 Å². The maximum Gasteiger partial charge on any atom is 0.255 e. The van der Waals surface area contributed by atoms with Crippen LogP contribution in [0.4, 0.5) is 0 Å². The number of rotatable bonds is 3. The lowest BCUT2D eigenvalue weighted by Gasteiger charge is -2.49. The van der Waals surface area contributed by atoms with Gasteiger partial charge >= 0.3 is 0 Å². The Kier molecular flexibility index (Phi) is 3.67. The molecule has 0 saturated carbocycles. The van der Waals surface area contributed by atoms with Crippen LogP contribution >= 0.6 is 0 Å². The predicted molar refractivity (Wildman–Crippen MR) is 85.7 cm³/mol. The van der Waals surface area contributed by atoms with Gasteiger partial charge in [-0.15, -0.1) is 0 Å². The minimum absolute atomic E-state index is 0.0920. The average Bonchev–Trinajstić information content (AvgIpc) is 3.14. The molecule has 3 aliphatic heterocycles. The first-order chi connectivity index (χ1) is 11.1. The molecule has 3 saturated heterocycles. The molecule has 0 aliphatic carbocycles. The number of benzene rings is 1. The maximum absolute atomic E-state index is 12.7. The fraction of sp³-hybridized carbons (Fsp3) is 0.611. The van der Waals surface area contributed by atoms with E-state index in [0.29, 0.717) is 13.0 Å². The Morgan fingerprint density at radius 3 is 2.65 bits per heavy atom. The Morgan fingerprint density at radius 2 is 1.96 bits per heavy atom. The minimum Gasteiger partial charge on any atom is -0.381 e. The number of β-amino-alcohol motifs (C(OH)–C–C–N with tert-alkyl or cyclic N) is 1. The fourth-order valence-electron chi connectivity index (χ4n) is 4.12. The van der Waals surface area contributed by atoms with Crippen molar-refractivity contribution in [1.29, 1.82) is 0 Å². The first kappa shape index (κ1) is 15.1. The SMILES string of the molecule is O=C(N1CC2(CCOC2)C1)C1(O)CCN(Cc2ccccc2)C1. The topological polar surface area (TPSA) is 53.0 Å². The summed E-state index contributed by atoms with van der Waals surface area (Å²) in [5.74, 6) is -0.0920. The largest absolute Gasteiger partial charge is 0.381 e. The van der Waals surface area contributed by atoms with Crippen LogP contribution in [0.15, 0.2) is 30.3 Å². The Bertz CT molecular complexity index is 577. The minimum atomic E-state index is -1.21. The van der Waals surface area contributed by atoms with Crippen LogP contribution in [0.25, 0.3) is 0 Å². The first-order valence-corrected chi connectivity index (χ1v) is 8.45. The molecule has 3 fully saturated rings. The van der Waals surface area contributed by atoms with Crippen molar-refractivity contribution in [3.8, 4) is 0 Å². The van der Waals surface area contributed by atoms with Crippen molar-refractivity contribution in [2.75, 3.05) is 39.4 Å². The quantitative estimate of drug-likeness (QED) is 0.899. The molecular formula is C18H24N2O3. The molecule has 23 heavy (non-hydrogen) atoms. The number of likely N-dealkylation sites (tertiary alicyclic amines) is 2. The van der Waals surface area contributed by atoms with Gasteiger partial charge < -0.3 is 14.7 Å². The number of aliphatic hydroxyl groups is 1. The van der Waals surface area contributed by atoms with Gasteiger partial charge in [0.1, 0.15) is 0 Å². The van der Waals surface area contributed by atoms with Gasteiger partial charge in [0, 0.05) is 44.7 Å². The molecule has 1 atom stereocenters. The van der Waals surface area contributed by atoms with Gasteiger partial charge in [0.15, 0.2) is 5.60 Å². The Labute approximate surface area is 136 Å². The molecule has 0 bridgehead atoms. The molecular weight excluding hydrogens is 292 g/mol. The van der Waals surface area contributed by atoms with Crippen LogP contribution in [0.5, 0.6) is 0 Å². The number of carbonyl (C=O) groups is 1. The standard InChI is InChI=1S/C18H24N2O3/c21-16(20-11-17(12-20)7-9-23-14-17)18(22)6-8-19(13-18)10-15-4-2-1-3-5-15/h1-5,22H,6-14H2. The zero-order chi connectivity index (χ0) is 15.9. The van der Waals surface area contributed by atoms with Gasteiger partial charge in [0.25, 0.3) is 5.91 Å². The zero-order valence-corrected chi connectivity index (χ0v) is 13.4. The van der Waals surface area contributed by atoms with Crippen LogP contribution in [0.2, 0.25) is 0 Å². The summed E-state index contributed by atoms with van der Waals surface area (Å²) in [5, 5.41) is 10.8. The molecule has 3 aliphatic rings.